The average Bonchev–Trinajstić information content (AvgIpc) is 2.97. The summed E-state index contributed by atoms with van der Waals surface area (Å²) >= 11 is 2.24. The summed E-state index contributed by atoms with van der Waals surface area (Å²) in [5.41, 5.74) is 2.77. The highest BCUT2D eigenvalue weighted by atomic mass is 127. The van der Waals surface area contributed by atoms with Gasteiger partial charge in [-0.05, 0) is 77.0 Å². The molecule has 128 valence electrons. The van der Waals surface area contributed by atoms with Crippen LogP contribution in [0.1, 0.15) is 30.9 Å². The molecule has 5 heteroatoms. The molecule has 0 N–H and O–H groups in total. The van der Waals surface area contributed by atoms with E-state index in [0.717, 1.165) is 33.3 Å². The van der Waals surface area contributed by atoms with E-state index in [4.69, 9.17) is 9.57 Å². The third-order valence-corrected chi connectivity index (χ3v) is 4.42. The molecule has 2 aromatic carbocycles. The van der Waals surface area contributed by atoms with Gasteiger partial charge in [-0.3, -0.25) is 0 Å². The topological polar surface area (TPSA) is 47.9 Å². The SMILES string of the molecule is CCCCOc1ccc(C2=NOC(=O)/C2=C\c2cccc(I)c2)cc1. The maximum absolute atomic E-state index is 12.1. The van der Waals surface area contributed by atoms with Crippen LogP contribution in [0.3, 0.4) is 0 Å². The first-order valence-corrected chi connectivity index (χ1v) is 9.25. The van der Waals surface area contributed by atoms with Crippen LogP contribution in [0, 0.1) is 3.57 Å². The van der Waals surface area contributed by atoms with Crippen LogP contribution in [-0.4, -0.2) is 18.3 Å². The van der Waals surface area contributed by atoms with Gasteiger partial charge in [0.05, 0.1) is 12.2 Å². The van der Waals surface area contributed by atoms with E-state index in [-0.39, 0.29) is 0 Å². The number of hydrogen-bond acceptors (Lipinski definition) is 4. The second-order valence-electron chi connectivity index (χ2n) is 5.66. The Hall–Kier alpha value is -2.15. The second kappa shape index (κ2) is 8.29. The molecule has 0 saturated carbocycles. The molecule has 0 saturated heterocycles. The molecular formula is C20H18INO3. The van der Waals surface area contributed by atoms with Gasteiger partial charge in [-0.25, -0.2) is 4.79 Å². The van der Waals surface area contributed by atoms with Gasteiger partial charge in [0.15, 0.2) is 0 Å². The average molecular weight is 447 g/mol. The van der Waals surface area contributed by atoms with Gasteiger partial charge < -0.3 is 9.57 Å². The predicted octanol–water partition coefficient (Wildman–Crippen LogP) is 4.81. The fourth-order valence-electron chi connectivity index (χ4n) is 2.42. The lowest BCUT2D eigenvalue weighted by molar-refractivity contribution is -0.136. The molecule has 0 atom stereocenters. The van der Waals surface area contributed by atoms with Gasteiger partial charge in [0.2, 0.25) is 0 Å². The molecule has 1 heterocycles. The van der Waals surface area contributed by atoms with Gasteiger partial charge in [0, 0.05) is 9.13 Å². The Labute approximate surface area is 160 Å². The number of halogens is 1. The van der Waals surface area contributed by atoms with Gasteiger partial charge in [-0.2, -0.15) is 0 Å². The molecule has 0 radical (unpaired) electrons. The zero-order chi connectivity index (χ0) is 17.6. The Morgan fingerprint density at radius 1 is 1.20 bits per heavy atom. The molecule has 25 heavy (non-hydrogen) atoms. The van der Waals surface area contributed by atoms with E-state index in [1.807, 2.05) is 54.6 Å². The first kappa shape index (κ1) is 17.7. The normalized spacial score (nSPS) is 15.2. The highest BCUT2D eigenvalue weighted by Crippen LogP contribution is 2.23. The van der Waals surface area contributed by atoms with Crippen LogP contribution in [-0.2, 0) is 9.63 Å². The van der Waals surface area contributed by atoms with E-state index in [1.165, 1.54) is 0 Å². The number of oxime groups is 1. The number of carbonyl (C=O) groups is 1. The first-order chi connectivity index (χ1) is 12.2. The van der Waals surface area contributed by atoms with Gasteiger partial charge in [-0.15, -0.1) is 0 Å². The molecule has 0 spiro atoms. The molecule has 0 fully saturated rings. The molecule has 2 aromatic rings. The number of ether oxygens (including phenoxy) is 1. The molecule has 1 aliphatic heterocycles. The van der Waals surface area contributed by atoms with Crippen LogP contribution in [0.4, 0.5) is 0 Å². The summed E-state index contributed by atoms with van der Waals surface area (Å²) in [6, 6.07) is 15.5. The van der Waals surface area contributed by atoms with Gasteiger partial charge in [0.25, 0.3) is 0 Å². The molecule has 1 aliphatic rings. The van der Waals surface area contributed by atoms with Crippen LogP contribution in [0.25, 0.3) is 6.08 Å². The predicted molar refractivity (Wildman–Crippen MR) is 107 cm³/mol. The van der Waals surface area contributed by atoms with Crippen molar-refractivity contribution in [2.24, 2.45) is 5.16 Å². The molecule has 0 unspecified atom stereocenters. The quantitative estimate of drug-likeness (QED) is 0.276. The lowest BCUT2D eigenvalue weighted by atomic mass is 10.0. The summed E-state index contributed by atoms with van der Waals surface area (Å²) in [4.78, 5) is 16.9. The van der Waals surface area contributed by atoms with Crippen molar-refractivity contribution >= 4 is 40.3 Å². The van der Waals surface area contributed by atoms with Crippen molar-refractivity contribution in [3.8, 4) is 5.75 Å². The second-order valence-corrected chi connectivity index (χ2v) is 6.90. The lowest BCUT2D eigenvalue weighted by Crippen LogP contribution is -2.07. The van der Waals surface area contributed by atoms with Crippen molar-refractivity contribution in [1.82, 2.24) is 0 Å². The monoisotopic (exact) mass is 447 g/mol. The van der Waals surface area contributed by atoms with E-state index in [0.29, 0.717) is 17.9 Å². The zero-order valence-electron chi connectivity index (χ0n) is 13.9. The summed E-state index contributed by atoms with van der Waals surface area (Å²) in [6.45, 7) is 2.83. The van der Waals surface area contributed by atoms with Crippen molar-refractivity contribution in [2.45, 2.75) is 19.8 Å². The molecule has 4 nitrogen and oxygen atoms in total. The standard InChI is InChI=1S/C20H18INO3/c1-2-3-11-24-17-9-7-15(8-10-17)19-18(20(23)25-22-19)13-14-5-4-6-16(21)12-14/h4-10,12-13H,2-3,11H2,1H3/b18-13-. The maximum Gasteiger partial charge on any atom is 0.368 e. The number of carbonyl (C=O) groups excluding carboxylic acids is 1. The maximum atomic E-state index is 12.1. The van der Waals surface area contributed by atoms with Crippen LogP contribution in [0.5, 0.6) is 5.75 Å². The Bertz CT molecular complexity index is 825. The summed E-state index contributed by atoms with van der Waals surface area (Å²) < 4.78 is 6.77. The van der Waals surface area contributed by atoms with Gasteiger partial charge in [0.1, 0.15) is 11.5 Å². The fourth-order valence-corrected chi connectivity index (χ4v) is 2.99. The van der Waals surface area contributed by atoms with Crippen LogP contribution >= 0.6 is 22.6 Å². The van der Waals surface area contributed by atoms with E-state index in [1.54, 1.807) is 0 Å². The van der Waals surface area contributed by atoms with Crippen molar-refractivity contribution in [2.75, 3.05) is 6.61 Å². The van der Waals surface area contributed by atoms with Gasteiger partial charge in [-0.1, -0.05) is 30.6 Å². The molecule has 0 aromatic heterocycles. The Balaban J connectivity index is 1.82. The summed E-state index contributed by atoms with van der Waals surface area (Å²) in [6.07, 6.45) is 3.93. The number of nitrogens with zero attached hydrogens (tertiary/aromatic N) is 1. The highest BCUT2D eigenvalue weighted by Gasteiger charge is 2.26. The van der Waals surface area contributed by atoms with Crippen LogP contribution in [0.2, 0.25) is 0 Å². The zero-order valence-corrected chi connectivity index (χ0v) is 16.0. The largest absolute Gasteiger partial charge is 0.494 e. The van der Waals surface area contributed by atoms with Crippen molar-refractivity contribution in [3.05, 3.63) is 68.8 Å². The highest BCUT2D eigenvalue weighted by molar-refractivity contribution is 14.1. The summed E-state index contributed by atoms with van der Waals surface area (Å²) in [5.74, 6) is 0.378. The minimum atomic E-state index is -0.433. The third kappa shape index (κ3) is 4.48. The van der Waals surface area contributed by atoms with Crippen molar-refractivity contribution < 1.29 is 14.4 Å². The third-order valence-electron chi connectivity index (χ3n) is 3.75. The van der Waals surface area contributed by atoms with Crippen LogP contribution < -0.4 is 4.74 Å². The van der Waals surface area contributed by atoms with E-state index < -0.39 is 5.97 Å². The number of hydrogen-bond donors (Lipinski definition) is 0. The smallest absolute Gasteiger partial charge is 0.368 e. The Kier molecular flexibility index (Phi) is 5.86. The van der Waals surface area contributed by atoms with Gasteiger partial charge >= 0.3 is 5.97 Å². The molecule has 3 rings (SSSR count). The Morgan fingerprint density at radius 2 is 2.00 bits per heavy atom. The molecule has 0 aliphatic carbocycles. The molecular weight excluding hydrogens is 429 g/mol. The van der Waals surface area contributed by atoms with Crippen LogP contribution in [0.15, 0.2) is 59.3 Å². The van der Waals surface area contributed by atoms with Crippen molar-refractivity contribution in [3.63, 3.8) is 0 Å². The lowest BCUT2D eigenvalue weighted by Gasteiger charge is -2.06. The Morgan fingerprint density at radius 3 is 2.72 bits per heavy atom. The first-order valence-electron chi connectivity index (χ1n) is 8.17. The van der Waals surface area contributed by atoms with E-state index in [2.05, 4.69) is 34.7 Å². The minimum Gasteiger partial charge on any atom is -0.494 e. The summed E-state index contributed by atoms with van der Waals surface area (Å²) in [5, 5.41) is 3.95. The van der Waals surface area contributed by atoms with E-state index in [9.17, 15) is 4.79 Å². The summed E-state index contributed by atoms with van der Waals surface area (Å²) in [7, 11) is 0. The minimum absolute atomic E-state index is 0.433. The number of unbranched alkanes of at least 4 members (excludes halogenated alkanes) is 1. The van der Waals surface area contributed by atoms with E-state index >= 15 is 0 Å². The molecule has 0 amide bonds. The molecule has 0 bridgehead atoms. The number of rotatable bonds is 6. The van der Waals surface area contributed by atoms with Crippen molar-refractivity contribution in [1.29, 1.82) is 0 Å². The fraction of sp³-hybridized carbons (Fsp3) is 0.200. The number of benzene rings is 2.